The molecule has 0 amide bonds. The van der Waals surface area contributed by atoms with Crippen molar-refractivity contribution in [2.24, 2.45) is 5.41 Å². The average Bonchev–Trinajstić information content (AvgIpc) is 2.69. The number of allylic oxidation sites excluding steroid dienone is 2. The van der Waals surface area contributed by atoms with E-state index in [1.807, 2.05) is 5.51 Å². The molecule has 0 radical (unpaired) electrons. The van der Waals surface area contributed by atoms with Gasteiger partial charge < -0.3 is 5.32 Å². The van der Waals surface area contributed by atoms with Crippen LogP contribution < -0.4 is 5.32 Å². The van der Waals surface area contributed by atoms with Gasteiger partial charge in [0.15, 0.2) is 5.78 Å². The molecule has 1 aromatic rings. The minimum Gasteiger partial charge on any atom is -0.342 e. The van der Waals surface area contributed by atoms with E-state index in [4.69, 9.17) is 0 Å². The van der Waals surface area contributed by atoms with Gasteiger partial charge in [-0.3, -0.25) is 4.79 Å². The molecule has 1 aliphatic heterocycles. The Hall–Kier alpha value is -1.16. The molecule has 0 aromatic carbocycles. The molecule has 0 saturated heterocycles. The Morgan fingerprint density at radius 3 is 3.12 bits per heavy atom. The van der Waals surface area contributed by atoms with Crippen LogP contribution in [0.25, 0.3) is 0 Å². The molecule has 1 aromatic heterocycles. The van der Waals surface area contributed by atoms with Crippen molar-refractivity contribution in [1.82, 2.24) is 4.98 Å². The molecule has 0 saturated carbocycles. The molecule has 3 rings (SSSR count). The summed E-state index contributed by atoms with van der Waals surface area (Å²) in [7, 11) is 0. The fourth-order valence-electron chi connectivity index (χ4n) is 2.46. The number of nitrogens with one attached hydrogen (secondary N) is 1. The lowest BCUT2D eigenvalue weighted by atomic mass is 9.74. The van der Waals surface area contributed by atoms with E-state index in [0.717, 1.165) is 29.9 Å². The standard InChI is InChI=1S/C12H14N2OS/c1-12(2)4-3-8(15)7-5-9-11(13-6-16-9)14-10(7)12/h6,14H,3-5H2,1-2H3. The van der Waals surface area contributed by atoms with Crippen molar-refractivity contribution in [3.8, 4) is 0 Å². The van der Waals surface area contributed by atoms with Gasteiger partial charge in [-0.15, -0.1) is 11.3 Å². The predicted octanol–water partition coefficient (Wildman–Crippen LogP) is 2.75. The van der Waals surface area contributed by atoms with E-state index in [0.29, 0.717) is 12.2 Å². The highest BCUT2D eigenvalue weighted by Crippen LogP contribution is 2.43. The minimum absolute atomic E-state index is 0.0740. The zero-order valence-electron chi connectivity index (χ0n) is 9.46. The number of nitrogens with zero attached hydrogens (tertiary/aromatic N) is 1. The number of Topliss-reactive ketones (excluding diaryl/α,β-unsaturated/α-hetero) is 1. The Bertz CT molecular complexity index is 499. The zero-order chi connectivity index (χ0) is 11.3. The quantitative estimate of drug-likeness (QED) is 0.750. The molecule has 0 unspecified atom stereocenters. The van der Waals surface area contributed by atoms with Crippen molar-refractivity contribution in [3.05, 3.63) is 21.7 Å². The molecule has 2 aliphatic rings. The topological polar surface area (TPSA) is 42.0 Å². The summed E-state index contributed by atoms with van der Waals surface area (Å²) in [5, 5.41) is 3.36. The van der Waals surface area contributed by atoms with Crippen LogP contribution in [0.4, 0.5) is 5.82 Å². The Morgan fingerprint density at radius 2 is 2.31 bits per heavy atom. The number of fused-ring (bicyclic) bond motifs is 1. The molecule has 0 bridgehead atoms. The first kappa shape index (κ1) is 10.0. The van der Waals surface area contributed by atoms with Crippen LogP contribution >= 0.6 is 11.3 Å². The summed E-state index contributed by atoms with van der Waals surface area (Å²) in [6.45, 7) is 4.39. The van der Waals surface area contributed by atoms with Crippen molar-refractivity contribution in [1.29, 1.82) is 0 Å². The van der Waals surface area contributed by atoms with E-state index < -0.39 is 0 Å². The fraction of sp³-hybridized carbons (Fsp3) is 0.500. The molecule has 1 aliphatic carbocycles. The van der Waals surface area contributed by atoms with E-state index in [9.17, 15) is 4.79 Å². The average molecular weight is 234 g/mol. The summed E-state index contributed by atoms with van der Waals surface area (Å²) in [6, 6.07) is 0. The van der Waals surface area contributed by atoms with Gasteiger partial charge in [0.1, 0.15) is 5.82 Å². The molecule has 2 heterocycles. The first-order valence-corrected chi connectivity index (χ1v) is 6.42. The Balaban J connectivity index is 2.10. The lowest BCUT2D eigenvalue weighted by Crippen LogP contribution is -2.33. The second-order valence-electron chi connectivity index (χ2n) is 5.09. The van der Waals surface area contributed by atoms with E-state index in [1.54, 1.807) is 11.3 Å². The summed E-state index contributed by atoms with van der Waals surface area (Å²) in [5.41, 5.74) is 3.99. The normalized spacial score (nSPS) is 22.5. The summed E-state index contributed by atoms with van der Waals surface area (Å²) in [5.74, 6) is 1.26. The van der Waals surface area contributed by atoms with E-state index >= 15 is 0 Å². The van der Waals surface area contributed by atoms with Gasteiger partial charge >= 0.3 is 0 Å². The number of carbonyl (C=O) groups excluding carboxylic acids is 1. The molecule has 3 nitrogen and oxygen atoms in total. The molecular weight excluding hydrogens is 220 g/mol. The van der Waals surface area contributed by atoms with Crippen LogP contribution in [0.5, 0.6) is 0 Å². The molecule has 1 N–H and O–H groups in total. The number of thiazole rings is 1. The third kappa shape index (κ3) is 1.33. The summed E-state index contributed by atoms with van der Waals surface area (Å²) in [6.07, 6.45) is 2.38. The zero-order valence-corrected chi connectivity index (χ0v) is 10.3. The number of carbonyl (C=O) groups is 1. The third-order valence-electron chi connectivity index (χ3n) is 3.51. The van der Waals surface area contributed by atoms with Gasteiger partial charge in [0.05, 0.1) is 10.4 Å². The van der Waals surface area contributed by atoms with Crippen LogP contribution in [0.1, 0.15) is 31.6 Å². The second-order valence-corrected chi connectivity index (χ2v) is 6.03. The lowest BCUT2D eigenvalue weighted by molar-refractivity contribution is -0.116. The Labute approximate surface area is 98.6 Å². The number of anilines is 1. The molecule has 0 atom stereocenters. The molecule has 0 fully saturated rings. The van der Waals surface area contributed by atoms with Crippen molar-refractivity contribution in [3.63, 3.8) is 0 Å². The molecule has 84 valence electrons. The van der Waals surface area contributed by atoms with Crippen molar-refractivity contribution >= 4 is 22.9 Å². The smallest absolute Gasteiger partial charge is 0.161 e. The van der Waals surface area contributed by atoms with Crippen LogP contribution in [-0.2, 0) is 11.2 Å². The van der Waals surface area contributed by atoms with Gasteiger partial charge in [-0.2, -0.15) is 0 Å². The highest BCUT2D eigenvalue weighted by atomic mass is 32.1. The number of hydrogen-bond acceptors (Lipinski definition) is 4. The van der Waals surface area contributed by atoms with Gasteiger partial charge in [0.25, 0.3) is 0 Å². The predicted molar refractivity (Wildman–Crippen MR) is 64.5 cm³/mol. The lowest BCUT2D eigenvalue weighted by Gasteiger charge is -2.36. The van der Waals surface area contributed by atoms with E-state index in [-0.39, 0.29) is 5.41 Å². The van der Waals surface area contributed by atoms with E-state index in [1.165, 1.54) is 4.88 Å². The molecule has 0 spiro atoms. The second kappa shape index (κ2) is 3.17. The summed E-state index contributed by atoms with van der Waals surface area (Å²) in [4.78, 5) is 17.4. The highest BCUT2D eigenvalue weighted by Gasteiger charge is 2.37. The van der Waals surface area contributed by atoms with Gasteiger partial charge in [-0.1, -0.05) is 13.8 Å². The van der Waals surface area contributed by atoms with Crippen molar-refractivity contribution in [2.75, 3.05) is 5.32 Å². The fourth-order valence-corrected chi connectivity index (χ4v) is 3.19. The third-order valence-corrected chi connectivity index (χ3v) is 4.35. The van der Waals surface area contributed by atoms with Crippen molar-refractivity contribution < 1.29 is 4.79 Å². The summed E-state index contributed by atoms with van der Waals surface area (Å²) >= 11 is 1.62. The SMILES string of the molecule is CC1(C)CCC(=O)C2=C1Nc1ncsc1C2. The van der Waals surface area contributed by atoms with Gasteiger partial charge in [0, 0.05) is 29.5 Å². The highest BCUT2D eigenvalue weighted by molar-refractivity contribution is 7.10. The maximum Gasteiger partial charge on any atom is 0.161 e. The van der Waals surface area contributed by atoms with Crippen LogP contribution in [0.2, 0.25) is 0 Å². The molecule has 16 heavy (non-hydrogen) atoms. The van der Waals surface area contributed by atoms with Gasteiger partial charge in [-0.05, 0) is 6.42 Å². The number of aromatic nitrogens is 1. The largest absolute Gasteiger partial charge is 0.342 e. The molecular formula is C12H14N2OS. The Morgan fingerprint density at radius 1 is 1.50 bits per heavy atom. The van der Waals surface area contributed by atoms with E-state index in [2.05, 4.69) is 24.1 Å². The van der Waals surface area contributed by atoms with Gasteiger partial charge in [-0.25, -0.2) is 4.98 Å². The molecule has 4 heteroatoms. The maximum absolute atomic E-state index is 11.9. The van der Waals surface area contributed by atoms with Crippen LogP contribution in [-0.4, -0.2) is 10.8 Å². The first-order valence-electron chi connectivity index (χ1n) is 5.54. The number of hydrogen-bond donors (Lipinski definition) is 1. The monoisotopic (exact) mass is 234 g/mol. The van der Waals surface area contributed by atoms with Crippen LogP contribution in [0, 0.1) is 5.41 Å². The van der Waals surface area contributed by atoms with Gasteiger partial charge in [0.2, 0.25) is 0 Å². The first-order chi connectivity index (χ1) is 7.58. The summed E-state index contributed by atoms with van der Waals surface area (Å²) < 4.78 is 0. The van der Waals surface area contributed by atoms with Crippen LogP contribution in [0.15, 0.2) is 16.8 Å². The number of ketones is 1. The van der Waals surface area contributed by atoms with Crippen LogP contribution in [0.3, 0.4) is 0 Å². The maximum atomic E-state index is 11.9. The minimum atomic E-state index is 0.0740. The Kier molecular flexibility index (Phi) is 1.98. The number of rotatable bonds is 0. The van der Waals surface area contributed by atoms with Crippen molar-refractivity contribution in [2.45, 2.75) is 33.1 Å².